The highest BCUT2D eigenvalue weighted by molar-refractivity contribution is 6.00. The molecule has 1 aromatic rings. The number of anilines is 1. The fourth-order valence-electron chi connectivity index (χ4n) is 4.96. The predicted molar refractivity (Wildman–Crippen MR) is 116 cm³/mol. The van der Waals surface area contributed by atoms with Gasteiger partial charge in [-0.3, -0.25) is 19.7 Å². The maximum Gasteiger partial charge on any atom is 0.309 e. The van der Waals surface area contributed by atoms with Crippen LogP contribution in [0.1, 0.15) is 56.9 Å². The van der Waals surface area contributed by atoms with Gasteiger partial charge in [0.2, 0.25) is 11.8 Å². The van der Waals surface area contributed by atoms with E-state index in [9.17, 15) is 19.5 Å². The Kier molecular flexibility index (Phi) is 6.27. The summed E-state index contributed by atoms with van der Waals surface area (Å²) in [6, 6.07) is 3.94. The Morgan fingerprint density at radius 3 is 2.45 bits per heavy atom. The summed E-state index contributed by atoms with van der Waals surface area (Å²) in [7, 11) is 0. The van der Waals surface area contributed by atoms with Gasteiger partial charge in [0.05, 0.1) is 11.3 Å². The molecule has 31 heavy (non-hydrogen) atoms. The largest absolute Gasteiger partial charge is 0.481 e. The summed E-state index contributed by atoms with van der Waals surface area (Å²) in [5.74, 6) is 0.175. The van der Waals surface area contributed by atoms with Crippen molar-refractivity contribution in [3.63, 3.8) is 0 Å². The Hall–Kier alpha value is -2.48. The summed E-state index contributed by atoms with van der Waals surface area (Å²) in [6.45, 7) is 6.56. The molecule has 168 valence electrons. The number of carboxylic acids is 1. The van der Waals surface area contributed by atoms with E-state index in [0.717, 1.165) is 69.8 Å². The van der Waals surface area contributed by atoms with Crippen molar-refractivity contribution in [1.82, 2.24) is 15.2 Å². The molecule has 4 rings (SSSR count). The fraction of sp³-hybridized carbons (Fsp3) is 0.652. The van der Waals surface area contributed by atoms with E-state index in [1.807, 2.05) is 19.1 Å². The number of carbonyl (C=O) groups is 3. The molecule has 4 heterocycles. The van der Waals surface area contributed by atoms with Gasteiger partial charge in [-0.15, -0.1) is 0 Å². The first-order valence-corrected chi connectivity index (χ1v) is 11.3. The predicted octanol–water partition coefficient (Wildman–Crippen LogP) is 2.00. The zero-order valence-electron chi connectivity index (χ0n) is 18.2. The smallest absolute Gasteiger partial charge is 0.309 e. The molecule has 3 saturated heterocycles. The summed E-state index contributed by atoms with van der Waals surface area (Å²) in [5, 5.41) is 11.8. The maximum atomic E-state index is 12.1. The van der Waals surface area contributed by atoms with Crippen LogP contribution < -0.4 is 10.2 Å². The number of hydrogen-bond donors (Lipinski definition) is 2. The number of piperidine rings is 3. The van der Waals surface area contributed by atoms with Crippen LogP contribution in [0.2, 0.25) is 0 Å². The van der Waals surface area contributed by atoms with Crippen LogP contribution in [0.5, 0.6) is 0 Å². The maximum absolute atomic E-state index is 12.1. The summed E-state index contributed by atoms with van der Waals surface area (Å²) in [4.78, 5) is 44.1. The lowest BCUT2D eigenvalue weighted by Gasteiger charge is -2.40. The van der Waals surface area contributed by atoms with Gasteiger partial charge in [0.25, 0.3) is 0 Å². The monoisotopic (exact) mass is 428 g/mol. The minimum absolute atomic E-state index is 0.200. The molecule has 0 spiro atoms. The van der Waals surface area contributed by atoms with Gasteiger partial charge in [0.1, 0.15) is 5.82 Å². The Morgan fingerprint density at radius 2 is 1.87 bits per heavy atom. The number of aromatic nitrogens is 1. The normalized spacial score (nSPS) is 25.3. The number of carboxylic acid groups (broad SMARTS) is 1. The highest BCUT2D eigenvalue weighted by Gasteiger charge is 2.37. The number of nitrogens with zero attached hydrogens (tertiary/aromatic N) is 3. The van der Waals surface area contributed by atoms with Crippen molar-refractivity contribution < 1.29 is 19.5 Å². The van der Waals surface area contributed by atoms with Crippen molar-refractivity contribution in [2.24, 2.45) is 11.3 Å². The van der Waals surface area contributed by atoms with E-state index in [0.29, 0.717) is 18.8 Å². The first-order chi connectivity index (χ1) is 14.8. The molecule has 0 aliphatic carbocycles. The molecule has 8 heteroatoms. The number of carbonyl (C=O) groups excluding carboxylic acids is 2. The molecule has 3 fully saturated rings. The van der Waals surface area contributed by atoms with Crippen molar-refractivity contribution in [2.45, 2.75) is 51.4 Å². The molecule has 0 aromatic carbocycles. The third kappa shape index (κ3) is 4.89. The number of imide groups is 1. The summed E-state index contributed by atoms with van der Waals surface area (Å²) < 4.78 is 0. The van der Waals surface area contributed by atoms with Crippen LogP contribution >= 0.6 is 0 Å². The standard InChI is InChI=1S/C23H32N4O4/c1-23(22(30)31)8-12-26(13-9-23)15-16-6-10-27(11-7-16)19-4-2-17(14-24-19)18-3-5-20(28)25-21(18)29/h2,4,14,16,18H,3,5-13,15H2,1H3,(H,30,31)(H,25,28,29). The number of likely N-dealkylation sites (tertiary alicyclic amines) is 1. The Labute approximate surface area is 183 Å². The van der Waals surface area contributed by atoms with E-state index in [4.69, 9.17) is 0 Å². The van der Waals surface area contributed by atoms with Gasteiger partial charge in [0.15, 0.2) is 0 Å². The van der Waals surface area contributed by atoms with Gasteiger partial charge < -0.3 is 14.9 Å². The van der Waals surface area contributed by atoms with E-state index in [2.05, 4.69) is 20.1 Å². The van der Waals surface area contributed by atoms with Crippen LogP contribution in [-0.4, -0.2) is 65.5 Å². The molecule has 3 aliphatic rings. The molecule has 2 N–H and O–H groups in total. The second-order valence-electron chi connectivity index (χ2n) is 9.55. The van der Waals surface area contributed by atoms with Gasteiger partial charge in [0, 0.05) is 32.3 Å². The molecule has 8 nitrogen and oxygen atoms in total. The van der Waals surface area contributed by atoms with Gasteiger partial charge in [-0.1, -0.05) is 6.07 Å². The van der Waals surface area contributed by atoms with Crippen LogP contribution in [0.25, 0.3) is 0 Å². The summed E-state index contributed by atoms with van der Waals surface area (Å²) in [6.07, 6.45) is 6.34. The van der Waals surface area contributed by atoms with Crippen LogP contribution in [0.15, 0.2) is 18.3 Å². The Bertz CT molecular complexity index is 824. The van der Waals surface area contributed by atoms with Gasteiger partial charge in [-0.2, -0.15) is 0 Å². The molecule has 0 saturated carbocycles. The number of nitrogens with one attached hydrogen (secondary N) is 1. The lowest BCUT2D eigenvalue weighted by Crippen LogP contribution is -2.45. The molecule has 2 amide bonds. The van der Waals surface area contributed by atoms with Crippen LogP contribution in [0.3, 0.4) is 0 Å². The number of pyridine rings is 1. The lowest BCUT2D eigenvalue weighted by molar-refractivity contribution is -0.150. The van der Waals surface area contributed by atoms with E-state index < -0.39 is 11.4 Å². The van der Waals surface area contributed by atoms with Crippen molar-refractivity contribution in [3.8, 4) is 0 Å². The second kappa shape index (κ2) is 8.94. The molecule has 1 aromatic heterocycles. The number of rotatable bonds is 5. The SMILES string of the molecule is CC1(C(=O)O)CCN(CC2CCN(c3ccc(C4CCC(=O)NC4=O)cn3)CC2)CC1. The van der Waals surface area contributed by atoms with Crippen molar-refractivity contribution in [2.75, 3.05) is 37.6 Å². The molecular formula is C23H32N4O4. The number of aliphatic carboxylic acids is 1. The second-order valence-corrected chi connectivity index (χ2v) is 9.55. The Balaban J connectivity index is 1.25. The molecule has 0 bridgehead atoms. The van der Waals surface area contributed by atoms with Crippen molar-refractivity contribution in [3.05, 3.63) is 23.9 Å². The van der Waals surface area contributed by atoms with E-state index in [1.165, 1.54) is 0 Å². The van der Waals surface area contributed by atoms with Gasteiger partial charge in [-0.05, 0) is 69.7 Å². The number of hydrogen-bond acceptors (Lipinski definition) is 6. The summed E-state index contributed by atoms with van der Waals surface area (Å²) >= 11 is 0. The lowest BCUT2D eigenvalue weighted by atomic mass is 9.80. The number of amides is 2. The Morgan fingerprint density at radius 1 is 1.16 bits per heavy atom. The third-order valence-corrected chi connectivity index (χ3v) is 7.34. The van der Waals surface area contributed by atoms with E-state index in [1.54, 1.807) is 6.20 Å². The first-order valence-electron chi connectivity index (χ1n) is 11.3. The summed E-state index contributed by atoms with van der Waals surface area (Å²) in [5.41, 5.74) is 0.299. The van der Waals surface area contributed by atoms with Gasteiger partial charge in [-0.25, -0.2) is 4.98 Å². The first kappa shape index (κ1) is 21.7. The highest BCUT2D eigenvalue weighted by atomic mass is 16.4. The molecule has 3 aliphatic heterocycles. The van der Waals surface area contributed by atoms with E-state index in [-0.39, 0.29) is 17.7 Å². The molecular weight excluding hydrogens is 396 g/mol. The van der Waals surface area contributed by atoms with Crippen LogP contribution in [0, 0.1) is 11.3 Å². The third-order valence-electron chi connectivity index (χ3n) is 7.34. The van der Waals surface area contributed by atoms with Crippen LogP contribution in [-0.2, 0) is 14.4 Å². The highest BCUT2D eigenvalue weighted by Crippen LogP contribution is 2.32. The molecule has 1 atom stereocenters. The zero-order valence-corrected chi connectivity index (χ0v) is 18.2. The molecule has 1 unspecified atom stereocenters. The van der Waals surface area contributed by atoms with Crippen molar-refractivity contribution in [1.29, 1.82) is 0 Å². The minimum Gasteiger partial charge on any atom is -0.481 e. The van der Waals surface area contributed by atoms with Gasteiger partial charge >= 0.3 is 5.97 Å². The zero-order chi connectivity index (χ0) is 22.0. The topological polar surface area (TPSA) is 103 Å². The minimum atomic E-state index is -0.670. The quantitative estimate of drug-likeness (QED) is 0.692. The van der Waals surface area contributed by atoms with Crippen LogP contribution in [0.4, 0.5) is 5.82 Å². The fourth-order valence-corrected chi connectivity index (χ4v) is 4.96. The molecule has 0 radical (unpaired) electrons. The average Bonchev–Trinajstić information content (AvgIpc) is 2.76. The average molecular weight is 429 g/mol. The van der Waals surface area contributed by atoms with Crippen molar-refractivity contribution >= 4 is 23.6 Å². The van der Waals surface area contributed by atoms with E-state index >= 15 is 0 Å².